The van der Waals surface area contributed by atoms with Crippen molar-refractivity contribution in [3.63, 3.8) is 0 Å². The van der Waals surface area contributed by atoms with Gasteiger partial charge in [-0.15, -0.1) is 0 Å². The van der Waals surface area contributed by atoms with Gasteiger partial charge in [-0.3, -0.25) is 19.8 Å². The number of nitrogens with one attached hydrogen (secondary N) is 1. The van der Waals surface area contributed by atoms with Crippen molar-refractivity contribution in [2.45, 2.75) is 103 Å². The van der Waals surface area contributed by atoms with Crippen molar-refractivity contribution in [2.75, 3.05) is 7.05 Å². The zero-order valence-electron chi connectivity index (χ0n) is 20.0. The van der Waals surface area contributed by atoms with Crippen LogP contribution in [0.3, 0.4) is 0 Å². The van der Waals surface area contributed by atoms with Crippen LogP contribution in [-0.4, -0.2) is 59.0 Å². The average Bonchev–Trinajstić information content (AvgIpc) is 2.95. The maximum absolute atomic E-state index is 13.9. The number of quaternary nitrogens is 1. The molecule has 2 bridgehead atoms. The first kappa shape index (κ1) is 21.1. The number of hydrogen-bond acceptors (Lipinski definition) is 4. The van der Waals surface area contributed by atoms with E-state index in [9.17, 15) is 14.4 Å². The van der Waals surface area contributed by atoms with Gasteiger partial charge in [0.1, 0.15) is 11.6 Å². The Balaban J connectivity index is 1.49. The molecular formula is C25H39N4O3+. The van der Waals surface area contributed by atoms with Crippen LogP contribution in [0, 0.1) is 28.1 Å². The van der Waals surface area contributed by atoms with Crippen LogP contribution in [-0.2, 0) is 9.59 Å². The molecular weight excluding hydrogens is 404 g/mol. The molecule has 2 saturated carbocycles. The molecule has 4 unspecified atom stereocenters. The third-order valence-corrected chi connectivity index (χ3v) is 10.3. The standard InChI is InChI=1S/C25H38N4O3/c1-23(2)11-16-12-24(3,13-23)19-25(20(30)27-22(32)28(4)21(25)31)10-15-9-14-7-5-6-8-17(14)26-18(15)29(16)19/h14-19,26H,5-13H2,1-4H3,(H,27,30,32)/p+1/t14?,15?,16-,17?,18?,19-,24-,25-/m0/s1. The highest BCUT2D eigenvalue weighted by Crippen LogP contribution is 2.64. The molecule has 3 N–H and O–H groups in total. The molecule has 32 heavy (non-hydrogen) atoms. The lowest BCUT2D eigenvalue weighted by Gasteiger charge is -2.58. The monoisotopic (exact) mass is 443 g/mol. The van der Waals surface area contributed by atoms with Gasteiger partial charge in [0.25, 0.3) is 0 Å². The number of urea groups is 1. The van der Waals surface area contributed by atoms with Gasteiger partial charge in [0.2, 0.25) is 11.8 Å². The third-order valence-electron chi connectivity index (χ3n) is 10.3. The number of piperidine rings is 2. The van der Waals surface area contributed by atoms with E-state index in [0.29, 0.717) is 36.5 Å². The third kappa shape index (κ3) is 2.64. The minimum Gasteiger partial charge on any atom is -0.328 e. The van der Waals surface area contributed by atoms with Crippen molar-refractivity contribution < 1.29 is 19.7 Å². The molecule has 8 atom stereocenters. The van der Waals surface area contributed by atoms with Crippen LogP contribution < -0.4 is 10.6 Å². The fourth-order valence-electron chi connectivity index (χ4n) is 9.74. The number of barbiturate groups is 1. The van der Waals surface area contributed by atoms with Crippen molar-refractivity contribution in [3.05, 3.63) is 0 Å². The molecule has 6 aliphatic rings. The van der Waals surface area contributed by atoms with Crippen LogP contribution in [0.15, 0.2) is 0 Å². The summed E-state index contributed by atoms with van der Waals surface area (Å²) in [6.07, 6.45) is 10.4. The number of rotatable bonds is 0. The van der Waals surface area contributed by atoms with Gasteiger partial charge in [-0.1, -0.05) is 27.2 Å². The van der Waals surface area contributed by atoms with Crippen LogP contribution in [0.25, 0.3) is 0 Å². The molecule has 0 radical (unpaired) electrons. The highest BCUT2D eigenvalue weighted by molar-refractivity contribution is 6.19. The predicted molar refractivity (Wildman–Crippen MR) is 118 cm³/mol. The van der Waals surface area contributed by atoms with Crippen LogP contribution >= 0.6 is 0 Å². The SMILES string of the molecule is CN1C(=O)NC(=O)[C@@]2(CC3CC4CCCCC4[NH2+]C3N3[C@H]4CC(C)(C)C[C@](C)(C4)[C@H]32)C1=O. The molecule has 4 aliphatic heterocycles. The van der Waals surface area contributed by atoms with Crippen molar-refractivity contribution in [3.8, 4) is 0 Å². The van der Waals surface area contributed by atoms with E-state index in [0.717, 1.165) is 25.7 Å². The first-order valence-electron chi connectivity index (χ1n) is 12.8. The highest BCUT2D eigenvalue weighted by Gasteiger charge is 2.74. The van der Waals surface area contributed by atoms with Crippen LogP contribution in [0.2, 0.25) is 0 Å². The molecule has 2 aliphatic carbocycles. The van der Waals surface area contributed by atoms with Crippen molar-refractivity contribution in [1.82, 2.24) is 15.1 Å². The van der Waals surface area contributed by atoms with E-state index >= 15 is 0 Å². The Morgan fingerprint density at radius 3 is 2.53 bits per heavy atom. The number of amides is 4. The van der Waals surface area contributed by atoms with E-state index in [4.69, 9.17) is 0 Å². The summed E-state index contributed by atoms with van der Waals surface area (Å²) in [6, 6.07) is 0.371. The first-order valence-corrected chi connectivity index (χ1v) is 12.8. The molecule has 0 aromatic carbocycles. The molecule has 4 heterocycles. The smallest absolute Gasteiger partial charge is 0.328 e. The highest BCUT2D eigenvalue weighted by atomic mass is 16.2. The summed E-state index contributed by atoms with van der Waals surface area (Å²) in [5, 5.41) is 5.24. The molecule has 4 amide bonds. The van der Waals surface area contributed by atoms with E-state index in [-0.39, 0.29) is 28.7 Å². The van der Waals surface area contributed by atoms with Crippen molar-refractivity contribution >= 4 is 17.8 Å². The Labute approximate surface area is 191 Å². The van der Waals surface area contributed by atoms with Crippen LogP contribution in [0.1, 0.15) is 78.6 Å². The van der Waals surface area contributed by atoms with E-state index in [2.05, 4.69) is 36.3 Å². The van der Waals surface area contributed by atoms with Gasteiger partial charge in [-0.25, -0.2) is 9.69 Å². The van der Waals surface area contributed by atoms with Gasteiger partial charge < -0.3 is 5.32 Å². The second-order valence-electron chi connectivity index (χ2n) is 13.1. The number of fused-ring (bicyclic) bond motifs is 9. The zero-order valence-corrected chi connectivity index (χ0v) is 20.0. The van der Waals surface area contributed by atoms with Gasteiger partial charge in [-0.05, 0) is 62.2 Å². The predicted octanol–water partition coefficient (Wildman–Crippen LogP) is 1.82. The first-order chi connectivity index (χ1) is 15.1. The zero-order chi connectivity index (χ0) is 22.6. The van der Waals surface area contributed by atoms with Crippen molar-refractivity contribution in [1.29, 1.82) is 0 Å². The van der Waals surface area contributed by atoms with E-state index in [1.54, 1.807) is 7.05 Å². The number of carbonyl (C=O) groups excluding carboxylic acids is 3. The normalized spacial score (nSPS) is 50.0. The lowest BCUT2D eigenvalue weighted by atomic mass is 9.54. The van der Waals surface area contributed by atoms with Crippen molar-refractivity contribution in [2.24, 2.45) is 28.1 Å². The van der Waals surface area contributed by atoms with E-state index < -0.39 is 11.4 Å². The summed E-state index contributed by atoms with van der Waals surface area (Å²) in [5.41, 5.74) is -1.07. The molecule has 7 heteroatoms. The van der Waals surface area contributed by atoms with Gasteiger partial charge in [-0.2, -0.15) is 0 Å². The van der Waals surface area contributed by atoms with Crippen LogP contribution in [0.5, 0.6) is 0 Å². The Hall–Kier alpha value is -1.47. The van der Waals surface area contributed by atoms with Gasteiger partial charge in [0.05, 0.1) is 6.04 Å². The summed E-state index contributed by atoms with van der Waals surface area (Å²) >= 11 is 0. The summed E-state index contributed by atoms with van der Waals surface area (Å²) in [4.78, 5) is 43.8. The Morgan fingerprint density at radius 2 is 1.75 bits per heavy atom. The minimum atomic E-state index is -1.15. The second-order valence-corrected chi connectivity index (χ2v) is 13.1. The van der Waals surface area contributed by atoms with Gasteiger partial charge in [0, 0.05) is 31.0 Å². The largest absolute Gasteiger partial charge is 0.330 e. The summed E-state index contributed by atoms with van der Waals surface area (Å²) in [7, 11) is 1.54. The molecule has 6 rings (SSSR count). The number of nitrogens with two attached hydrogens (primary N) is 1. The molecule has 7 nitrogen and oxygen atoms in total. The second kappa shape index (κ2) is 6.56. The van der Waals surface area contributed by atoms with E-state index in [1.807, 2.05) is 0 Å². The Morgan fingerprint density at radius 1 is 1.00 bits per heavy atom. The Bertz CT molecular complexity index is 888. The summed E-state index contributed by atoms with van der Waals surface area (Å²) in [6.45, 7) is 7.01. The number of imide groups is 2. The number of nitrogens with zero attached hydrogens (tertiary/aromatic N) is 2. The fraction of sp³-hybridized carbons (Fsp3) is 0.880. The fourth-order valence-corrected chi connectivity index (χ4v) is 9.74. The van der Waals surface area contributed by atoms with Gasteiger partial charge in [0.15, 0.2) is 0 Å². The summed E-state index contributed by atoms with van der Waals surface area (Å²) in [5.74, 6) is 0.398. The molecule has 0 aromatic heterocycles. The molecule has 0 aromatic rings. The minimum absolute atomic E-state index is 0.108. The maximum Gasteiger partial charge on any atom is 0.330 e. The number of carbonyl (C=O) groups is 3. The molecule has 1 spiro atoms. The van der Waals surface area contributed by atoms with Crippen LogP contribution in [0.4, 0.5) is 4.79 Å². The van der Waals surface area contributed by atoms with E-state index in [1.165, 1.54) is 30.6 Å². The molecule has 176 valence electrons. The summed E-state index contributed by atoms with van der Waals surface area (Å²) < 4.78 is 0. The molecule has 4 saturated heterocycles. The number of hydrogen-bond donors (Lipinski definition) is 2. The average molecular weight is 444 g/mol. The maximum atomic E-state index is 13.9. The Kier molecular flexibility index (Phi) is 4.32. The lowest BCUT2D eigenvalue weighted by Crippen LogP contribution is -3.04. The quantitative estimate of drug-likeness (QED) is 0.559. The topological polar surface area (TPSA) is 86.3 Å². The van der Waals surface area contributed by atoms with Gasteiger partial charge >= 0.3 is 6.03 Å². The molecule has 6 fully saturated rings. The lowest BCUT2D eigenvalue weighted by molar-refractivity contribution is -0.768.